The van der Waals surface area contributed by atoms with Gasteiger partial charge in [-0.05, 0) is 43.6 Å². The third kappa shape index (κ3) is 2.68. The van der Waals surface area contributed by atoms with Gasteiger partial charge in [0.15, 0.2) is 0 Å². The summed E-state index contributed by atoms with van der Waals surface area (Å²) < 4.78 is 1.64. The molecule has 2 N–H and O–H groups in total. The van der Waals surface area contributed by atoms with Crippen LogP contribution in [0.3, 0.4) is 0 Å². The Morgan fingerprint density at radius 3 is 2.89 bits per heavy atom. The van der Waals surface area contributed by atoms with E-state index in [2.05, 4.69) is 4.98 Å². The number of H-pyrrole nitrogens is 1. The maximum atomic E-state index is 12.0. The zero-order valence-electron chi connectivity index (χ0n) is 10.8. The Morgan fingerprint density at radius 1 is 1.53 bits per heavy atom. The first kappa shape index (κ1) is 13.7. The largest absolute Gasteiger partial charge is 0.478 e. The number of carboxylic acid groups (broad SMARTS) is 1. The Bertz CT molecular complexity index is 659. The standard InChI is InChI=1S/C13H16N2O3S/c1-8(5-6-19-2)15-11-7-9(12(16)17)3-4-10(11)14-13(15)18/h3-4,7-8H,5-6H2,1-2H3,(H,14,18)(H,16,17). The van der Waals surface area contributed by atoms with E-state index in [-0.39, 0.29) is 17.3 Å². The van der Waals surface area contributed by atoms with Crippen molar-refractivity contribution in [2.24, 2.45) is 0 Å². The summed E-state index contributed by atoms with van der Waals surface area (Å²) in [4.78, 5) is 25.7. The fourth-order valence-electron chi connectivity index (χ4n) is 2.11. The number of aromatic nitrogens is 2. The van der Waals surface area contributed by atoms with Gasteiger partial charge in [0, 0.05) is 6.04 Å². The molecule has 19 heavy (non-hydrogen) atoms. The van der Waals surface area contributed by atoms with E-state index in [1.54, 1.807) is 28.5 Å². The van der Waals surface area contributed by atoms with E-state index in [0.717, 1.165) is 12.2 Å². The fourth-order valence-corrected chi connectivity index (χ4v) is 2.69. The number of imidazole rings is 1. The number of hydrogen-bond acceptors (Lipinski definition) is 3. The molecule has 5 nitrogen and oxygen atoms in total. The highest BCUT2D eigenvalue weighted by Gasteiger charge is 2.14. The first-order chi connectivity index (χ1) is 9.04. The Balaban J connectivity index is 2.52. The minimum absolute atomic E-state index is 0.0396. The molecular weight excluding hydrogens is 264 g/mol. The quantitative estimate of drug-likeness (QED) is 0.881. The normalized spacial score (nSPS) is 12.7. The summed E-state index contributed by atoms with van der Waals surface area (Å²) in [5.74, 6) is -0.0299. The molecule has 0 fully saturated rings. The number of hydrogen-bond donors (Lipinski definition) is 2. The number of benzene rings is 1. The minimum Gasteiger partial charge on any atom is -0.478 e. The van der Waals surface area contributed by atoms with E-state index in [0.29, 0.717) is 11.0 Å². The van der Waals surface area contributed by atoms with Crippen LogP contribution in [0.2, 0.25) is 0 Å². The van der Waals surface area contributed by atoms with Gasteiger partial charge in [-0.25, -0.2) is 9.59 Å². The molecule has 0 amide bonds. The van der Waals surface area contributed by atoms with Gasteiger partial charge < -0.3 is 10.1 Å². The Hall–Kier alpha value is -1.69. The number of aromatic carboxylic acids is 1. The number of carboxylic acids is 1. The highest BCUT2D eigenvalue weighted by Crippen LogP contribution is 2.19. The van der Waals surface area contributed by atoms with Crippen LogP contribution < -0.4 is 5.69 Å². The molecule has 1 atom stereocenters. The van der Waals surface area contributed by atoms with Gasteiger partial charge in [0.2, 0.25) is 0 Å². The van der Waals surface area contributed by atoms with E-state index in [4.69, 9.17) is 5.11 Å². The van der Waals surface area contributed by atoms with Gasteiger partial charge in [-0.15, -0.1) is 0 Å². The number of thioether (sulfide) groups is 1. The van der Waals surface area contributed by atoms with E-state index in [9.17, 15) is 9.59 Å². The predicted octanol–water partition coefficient (Wildman–Crippen LogP) is 2.34. The van der Waals surface area contributed by atoms with Crippen LogP contribution in [0.5, 0.6) is 0 Å². The van der Waals surface area contributed by atoms with Gasteiger partial charge in [0.05, 0.1) is 16.6 Å². The van der Waals surface area contributed by atoms with Crippen molar-refractivity contribution in [2.45, 2.75) is 19.4 Å². The average Bonchev–Trinajstić information content (AvgIpc) is 2.70. The van der Waals surface area contributed by atoms with Crippen LogP contribution in [0.4, 0.5) is 0 Å². The van der Waals surface area contributed by atoms with Crippen LogP contribution in [-0.2, 0) is 0 Å². The number of nitrogens with one attached hydrogen (secondary N) is 1. The second kappa shape index (κ2) is 5.52. The summed E-state index contributed by atoms with van der Waals surface area (Å²) in [6, 6.07) is 4.72. The van der Waals surface area contributed by atoms with Crippen LogP contribution in [0.15, 0.2) is 23.0 Å². The van der Waals surface area contributed by atoms with E-state index in [1.807, 2.05) is 13.2 Å². The lowest BCUT2D eigenvalue weighted by atomic mass is 10.2. The number of fused-ring (bicyclic) bond motifs is 1. The number of carbonyl (C=O) groups is 1. The molecule has 0 aliphatic heterocycles. The molecule has 0 radical (unpaired) electrons. The summed E-state index contributed by atoms with van der Waals surface area (Å²) in [6.07, 6.45) is 2.89. The molecule has 1 aromatic carbocycles. The van der Waals surface area contributed by atoms with Crippen LogP contribution in [0.1, 0.15) is 29.7 Å². The lowest BCUT2D eigenvalue weighted by Gasteiger charge is -2.12. The van der Waals surface area contributed by atoms with E-state index < -0.39 is 5.97 Å². The summed E-state index contributed by atoms with van der Waals surface area (Å²) >= 11 is 1.73. The zero-order chi connectivity index (χ0) is 14.0. The molecule has 0 saturated carbocycles. The Morgan fingerprint density at radius 2 is 2.26 bits per heavy atom. The van der Waals surface area contributed by atoms with Crippen LogP contribution in [0.25, 0.3) is 11.0 Å². The second-order valence-corrected chi connectivity index (χ2v) is 5.45. The summed E-state index contributed by atoms with van der Waals surface area (Å²) in [7, 11) is 0. The molecule has 102 valence electrons. The Kier molecular flexibility index (Phi) is 3.99. The molecule has 1 heterocycles. The van der Waals surface area contributed by atoms with Crippen molar-refractivity contribution >= 4 is 28.8 Å². The molecule has 6 heteroatoms. The average molecular weight is 280 g/mol. The highest BCUT2D eigenvalue weighted by molar-refractivity contribution is 7.98. The molecule has 0 saturated heterocycles. The van der Waals surface area contributed by atoms with Gasteiger partial charge in [-0.2, -0.15) is 11.8 Å². The van der Waals surface area contributed by atoms with Gasteiger partial charge in [0.25, 0.3) is 0 Å². The molecule has 1 aromatic heterocycles. The van der Waals surface area contributed by atoms with Gasteiger partial charge in [-0.3, -0.25) is 4.57 Å². The van der Waals surface area contributed by atoms with Gasteiger partial charge >= 0.3 is 11.7 Å². The third-order valence-corrected chi connectivity index (χ3v) is 3.79. The first-order valence-electron chi connectivity index (χ1n) is 6.01. The molecule has 0 aliphatic rings. The summed E-state index contributed by atoms with van der Waals surface area (Å²) in [5.41, 5.74) is 1.33. The first-order valence-corrected chi connectivity index (χ1v) is 7.40. The fraction of sp³-hybridized carbons (Fsp3) is 0.385. The van der Waals surface area contributed by atoms with Crippen molar-refractivity contribution in [1.82, 2.24) is 9.55 Å². The zero-order valence-corrected chi connectivity index (χ0v) is 11.7. The molecular formula is C13H16N2O3S. The van der Waals surface area contributed by atoms with Crippen molar-refractivity contribution in [3.8, 4) is 0 Å². The highest BCUT2D eigenvalue weighted by atomic mass is 32.2. The smallest absolute Gasteiger partial charge is 0.335 e. The monoisotopic (exact) mass is 280 g/mol. The Labute approximate surface area is 114 Å². The second-order valence-electron chi connectivity index (χ2n) is 4.47. The number of aromatic amines is 1. The minimum atomic E-state index is -0.987. The van der Waals surface area contributed by atoms with Crippen molar-refractivity contribution in [3.05, 3.63) is 34.2 Å². The molecule has 2 aromatic rings. The molecule has 2 rings (SSSR count). The summed E-state index contributed by atoms with van der Waals surface area (Å²) in [6.45, 7) is 1.97. The van der Waals surface area contributed by atoms with Crippen LogP contribution >= 0.6 is 11.8 Å². The topological polar surface area (TPSA) is 75.1 Å². The third-order valence-electron chi connectivity index (χ3n) is 3.15. The summed E-state index contributed by atoms with van der Waals surface area (Å²) in [5, 5.41) is 9.02. The van der Waals surface area contributed by atoms with E-state index >= 15 is 0 Å². The van der Waals surface area contributed by atoms with E-state index in [1.165, 1.54) is 6.07 Å². The molecule has 0 bridgehead atoms. The molecule has 0 spiro atoms. The predicted molar refractivity (Wildman–Crippen MR) is 77.2 cm³/mol. The van der Waals surface area contributed by atoms with Crippen molar-refractivity contribution in [1.29, 1.82) is 0 Å². The SMILES string of the molecule is CSCCC(C)n1c(=O)[nH]c2ccc(C(=O)O)cc21. The number of nitrogens with zero attached hydrogens (tertiary/aromatic N) is 1. The van der Waals surface area contributed by atoms with Crippen LogP contribution in [-0.4, -0.2) is 32.6 Å². The van der Waals surface area contributed by atoms with Crippen molar-refractivity contribution < 1.29 is 9.90 Å². The lowest BCUT2D eigenvalue weighted by Crippen LogP contribution is -2.20. The lowest BCUT2D eigenvalue weighted by molar-refractivity contribution is 0.0697. The maximum Gasteiger partial charge on any atom is 0.335 e. The van der Waals surface area contributed by atoms with Crippen LogP contribution in [0, 0.1) is 0 Å². The van der Waals surface area contributed by atoms with Crippen molar-refractivity contribution in [3.63, 3.8) is 0 Å². The van der Waals surface area contributed by atoms with Crippen molar-refractivity contribution in [2.75, 3.05) is 12.0 Å². The molecule has 1 unspecified atom stereocenters. The molecule has 0 aliphatic carbocycles. The van der Waals surface area contributed by atoms with Gasteiger partial charge in [0.1, 0.15) is 0 Å². The van der Waals surface area contributed by atoms with Gasteiger partial charge in [-0.1, -0.05) is 0 Å². The maximum absolute atomic E-state index is 12.0. The number of rotatable bonds is 5.